The molecule has 3 atom stereocenters. The second-order valence-electron chi connectivity index (χ2n) is 12.4. The fourth-order valence-electron chi connectivity index (χ4n) is 4.99. The average Bonchev–Trinajstić information content (AvgIpc) is 2.99. The molecular weight excluding hydrogens is 558 g/mol. The Morgan fingerprint density at radius 1 is 1.00 bits per heavy atom. The number of carbonyl (C=O) groups is 3. The van der Waals surface area contributed by atoms with Crippen LogP contribution in [-0.2, 0) is 22.6 Å². The van der Waals surface area contributed by atoms with Gasteiger partial charge in [0.05, 0.1) is 18.8 Å². The Labute approximate surface area is 262 Å². The molecule has 4 rings (SSSR count). The standard InChI is InChI=1S/C34H51N5O5/c1-24(2)18-19-39(38-34(43)35-22-27-11-7-5-8-12-27)23-30(40)29-21-26-14-16-28(17-15-26)44-20-10-6-9-13-31(41)37-32(25(3)4)33(42)36-29/h5,7-8,11-12,14-17,24-25,29-30,32,40H,6,9-10,13,18-23H2,1-4H3,(H,36,42)(H,37,41)(H2,35,38,43)/t29-,30+,32-/m0/s1. The van der Waals surface area contributed by atoms with Gasteiger partial charge in [0.15, 0.2) is 0 Å². The van der Waals surface area contributed by atoms with E-state index in [0.29, 0.717) is 44.9 Å². The van der Waals surface area contributed by atoms with E-state index in [4.69, 9.17) is 4.74 Å². The van der Waals surface area contributed by atoms with Crippen LogP contribution in [0.1, 0.15) is 70.9 Å². The SMILES string of the molecule is CC(C)CCN(C[C@@H](O)[C@@H]1Cc2ccc(cc2)OCCCCCC(=O)N[C@@H](C(C)C)C(=O)N1)NC(=O)NCc1ccccc1. The van der Waals surface area contributed by atoms with E-state index in [1.807, 2.05) is 68.4 Å². The topological polar surface area (TPSA) is 132 Å². The lowest BCUT2D eigenvalue weighted by molar-refractivity contribution is -0.131. The summed E-state index contributed by atoms with van der Waals surface area (Å²) < 4.78 is 5.86. The largest absolute Gasteiger partial charge is 0.494 e. The second-order valence-corrected chi connectivity index (χ2v) is 12.4. The molecule has 2 aromatic rings. The molecule has 0 saturated heterocycles. The van der Waals surface area contributed by atoms with E-state index in [0.717, 1.165) is 36.1 Å². The predicted octanol–water partition coefficient (Wildman–Crippen LogP) is 3.93. The minimum absolute atomic E-state index is 0.0936. The molecule has 0 aliphatic carbocycles. The molecule has 0 fully saturated rings. The summed E-state index contributed by atoms with van der Waals surface area (Å²) in [5, 5.41) is 22.1. The molecule has 0 unspecified atom stereocenters. The summed E-state index contributed by atoms with van der Waals surface area (Å²) in [5.41, 5.74) is 4.78. The molecular formula is C34H51N5O5. The first-order valence-electron chi connectivity index (χ1n) is 15.9. The van der Waals surface area contributed by atoms with Crippen LogP contribution in [0, 0.1) is 11.8 Å². The lowest BCUT2D eigenvalue weighted by Gasteiger charge is -2.32. The van der Waals surface area contributed by atoms with Gasteiger partial charge in [0, 0.05) is 26.1 Å². The van der Waals surface area contributed by atoms with Crippen molar-refractivity contribution in [2.45, 2.75) is 91.0 Å². The van der Waals surface area contributed by atoms with E-state index in [9.17, 15) is 19.5 Å². The van der Waals surface area contributed by atoms with Crippen molar-refractivity contribution >= 4 is 17.8 Å². The number of hydrogen-bond donors (Lipinski definition) is 5. The fourth-order valence-corrected chi connectivity index (χ4v) is 4.99. The molecule has 0 saturated carbocycles. The lowest BCUT2D eigenvalue weighted by atomic mass is 9.98. The number of aliphatic hydroxyl groups excluding tert-OH is 1. The van der Waals surface area contributed by atoms with Crippen molar-refractivity contribution in [3.8, 4) is 5.75 Å². The van der Waals surface area contributed by atoms with Gasteiger partial charge in [-0.3, -0.25) is 15.0 Å². The number of hydrazine groups is 1. The highest BCUT2D eigenvalue weighted by molar-refractivity contribution is 5.88. The quantitative estimate of drug-likeness (QED) is 0.260. The first-order valence-corrected chi connectivity index (χ1v) is 15.9. The Morgan fingerprint density at radius 3 is 2.41 bits per heavy atom. The second kappa shape index (κ2) is 18.2. The van der Waals surface area contributed by atoms with Crippen molar-refractivity contribution in [1.82, 2.24) is 26.4 Å². The Bertz CT molecular complexity index is 1160. The normalized spacial score (nSPS) is 19.2. The van der Waals surface area contributed by atoms with Crippen LogP contribution in [0.5, 0.6) is 5.75 Å². The van der Waals surface area contributed by atoms with Gasteiger partial charge >= 0.3 is 6.03 Å². The van der Waals surface area contributed by atoms with Crippen molar-refractivity contribution in [3.05, 3.63) is 65.7 Å². The molecule has 2 bridgehead atoms. The number of aliphatic hydroxyl groups is 1. The maximum absolute atomic E-state index is 13.6. The average molecular weight is 610 g/mol. The zero-order valence-corrected chi connectivity index (χ0v) is 26.7. The zero-order valence-electron chi connectivity index (χ0n) is 26.7. The fraction of sp³-hybridized carbons (Fsp3) is 0.559. The molecule has 2 heterocycles. The number of benzene rings is 2. The number of urea groups is 1. The number of rotatable bonds is 10. The number of fused-ring (bicyclic) bond motifs is 14. The summed E-state index contributed by atoms with van der Waals surface area (Å²) in [4.78, 5) is 39.1. The molecule has 0 spiro atoms. The van der Waals surface area contributed by atoms with E-state index in [1.54, 1.807) is 5.01 Å². The van der Waals surface area contributed by atoms with E-state index < -0.39 is 18.2 Å². The smallest absolute Gasteiger partial charge is 0.329 e. The summed E-state index contributed by atoms with van der Waals surface area (Å²) in [6, 6.07) is 15.5. The summed E-state index contributed by atoms with van der Waals surface area (Å²) in [6.45, 7) is 9.52. The Balaban J connectivity index is 1.78. The highest BCUT2D eigenvalue weighted by Crippen LogP contribution is 2.17. The molecule has 0 aromatic heterocycles. The highest BCUT2D eigenvalue weighted by Gasteiger charge is 2.30. The van der Waals surface area contributed by atoms with Crippen molar-refractivity contribution in [2.24, 2.45) is 11.8 Å². The van der Waals surface area contributed by atoms with Gasteiger partial charge in [-0.1, -0.05) is 70.2 Å². The maximum Gasteiger partial charge on any atom is 0.329 e. The van der Waals surface area contributed by atoms with E-state index in [1.165, 1.54) is 0 Å². The summed E-state index contributed by atoms with van der Waals surface area (Å²) in [7, 11) is 0. The molecule has 2 aliphatic heterocycles. The molecule has 44 heavy (non-hydrogen) atoms. The van der Waals surface area contributed by atoms with Crippen LogP contribution in [0.25, 0.3) is 0 Å². The Morgan fingerprint density at radius 2 is 1.73 bits per heavy atom. The van der Waals surface area contributed by atoms with Crippen molar-refractivity contribution in [2.75, 3.05) is 19.7 Å². The first kappa shape index (κ1) is 34.9. The van der Waals surface area contributed by atoms with Crippen molar-refractivity contribution in [3.63, 3.8) is 0 Å². The minimum Gasteiger partial charge on any atom is -0.494 e. The molecule has 242 valence electrons. The molecule has 4 amide bonds. The number of nitrogens with one attached hydrogen (secondary N) is 4. The highest BCUT2D eigenvalue weighted by atomic mass is 16.5. The van der Waals surface area contributed by atoms with Gasteiger partial charge in [-0.05, 0) is 67.2 Å². The van der Waals surface area contributed by atoms with E-state index in [2.05, 4.69) is 35.2 Å². The van der Waals surface area contributed by atoms with Gasteiger partial charge in [0.1, 0.15) is 11.8 Å². The minimum atomic E-state index is -1.03. The first-order chi connectivity index (χ1) is 21.1. The van der Waals surface area contributed by atoms with E-state index >= 15 is 0 Å². The van der Waals surface area contributed by atoms with Crippen LogP contribution in [-0.4, -0.2) is 65.8 Å². The number of carbonyl (C=O) groups excluding carboxylic acids is 3. The predicted molar refractivity (Wildman–Crippen MR) is 172 cm³/mol. The van der Waals surface area contributed by atoms with Crippen molar-refractivity contribution in [1.29, 1.82) is 0 Å². The van der Waals surface area contributed by atoms with Gasteiger partial charge in [0.25, 0.3) is 0 Å². The lowest BCUT2D eigenvalue weighted by Crippen LogP contribution is -2.58. The summed E-state index contributed by atoms with van der Waals surface area (Å²) >= 11 is 0. The van der Waals surface area contributed by atoms with Crippen LogP contribution in [0.15, 0.2) is 54.6 Å². The third-order valence-electron chi connectivity index (χ3n) is 7.69. The van der Waals surface area contributed by atoms with Gasteiger partial charge < -0.3 is 25.8 Å². The molecule has 2 aliphatic rings. The maximum atomic E-state index is 13.6. The van der Waals surface area contributed by atoms with Crippen LogP contribution < -0.4 is 26.1 Å². The van der Waals surface area contributed by atoms with Crippen molar-refractivity contribution < 1.29 is 24.2 Å². The summed E-state index contributed by atoms with van der Waals surface area (Å²) in [5.74, 6) is 0.473. The van der Waals surface area contributed by atoms with Crippen LogP contribution >= 0.6 is 0 Å². The molecule has 5 N–H and O–H groups in total. The van der Waals surface area contributed by atoms with Gasteiger partial charge in [-0.2, -0.15) is 0 Å². The zero-order chi connectivity index (χ0) is 31.9. The molecule has 2 aromatic carbocycles. The third-order valence-corrected chi connectivity index (χ3v) is 7.69. The molecule has 0 radical (unpaired) electrons. The van der Waals surface area contributed by atoms with Gasteiger partial charge in [-0.15, -0.1) is 0 Å². The number of amides is 4. The Kier molecular flexibility index (Phi) is 14.5. The summed E-state index contributed by atoms with van der Waals surface area (Å²) in [6.07, 6.45) is 2.85. The van der Waals surface area contributed by atoms with Crippen LogP contribution in [0.2, 0.25) is 0 Å². The van der Waals surface area contributed by atoms with Gasteiger partial charge in [0.2, 0.25) is 11.8 Å². The van der Waals surface area contributed by atoms with E-state index in [-0.39, 0.29) is 30.3 Å². The monoisotopic (exact) mass is 609 g/mol. The number of hydrogen-bond acceptors (Lipinski definition) is 6. The van der Waals surface area contributed by atoms with Crippen LogP contribution in [0.4, 0.5) is 4.79 Å². The Hall–Kier alpha value is -3.63. The van der Waals surface area contributed by atoms with Gasteiger partial charge in [-0.25, -0.2) is 9.80 Å². The molecule has 10 nitrogen and oxygen atoms in total. The third kappa shape index (κ3) is 12.5. The number of nitrogens with zero attached hydrogens (tertiary/aromatic N) is 1. The molecule has 10 heteroatoms. The number of ether oxygens (including phenoxy) is 1. The van der Waals surface area contributed by atoms with Crippen LogP contribution in [0.3, 0.4) is 0 Å².